The Balaban J connectivity index is 1.53. The number of rotatable bonds is 4. The van der Waals surface area contributed by atoms with E-state index in [1.807, 2.05) is 28.8 Å². The minimum absolute atomic E-state index is 0.0343. The number of fused-ring (bicyclic) bond motifs is 4. The molecule has 1 amide bonds. The molecule has 134 valence electrons. The third-order valence-corrected chi connectivity index (χ3v) is 4.32. The number of carbonyl (C=O) groups excluding carboxylic acids is 1. The summed E-state index contributed by atoms with van der Waals surface area (Å²) in [5.41, 5.74) is 8.99. The van der Waals surface area contributed by atoms with Crippen molar-refractivity contribution in [3.05, 3.63) is 35.2 Å². The van der Waals surface area contributed by atoms with Gasteiger partial charge in [-0.25, -0.2) is 24.6 Å². The molecule has 4 aromatic rings. The van der Waals surface area contributed by atoms with E-state index in [2.05, 4.69) is 40.2 Å². The van der Waals surface area contributed by atoms with Gasteiger partial charge in [-0.15, -0.1) is 0 Å². The second-order valence-corrected chi connectivity index (χ2v) is 5.97. The number of amides is 1. The normalized spacial score (nSPS) is 12.7. The third kappa shape index (κ3) is 2.47. The van der Waals surface area contributed by atoms with E-state index in [4.69, 9.17) is 5.73 Å². The molecule has 4 heterocycles. The van der Waals surface area contributed by atoms with E-state index < -0.39 is 0 Å². The number of benzene rings is 1. The molecule has 5 rings (SSSR count). The fourth-order valence-corrected chi connectivity index (χ4v) is 3.10. The molecule has 0 bridgehead atoms. The molecule has 27 heavy (non-hydrogen) atoms. The lowest BCUT2D eigenvalue weighted by Crippen LogP contribution is -2.29. The Morgan fingerprint density at radius 1 is 1.19 bits per heavy atom. The first-order valence-electron chi connectivity index (χ1n) is 8.22. The Kier molecular flexibility index (Phi) is 3.32. The van der Waals surface area contributed by atoms with E-state index in [0.717, 1.165) is 16.4 Å². The predicted molar refractivity (Wildman–Crippen MR) is 94.2 cm³/mol. The number of nitrogens with zero attached hydrogens (tertiary/aromatic N) is 7. The number of aromatic nitrogens is 5. The summed E-state index contributed by atoms with van der Waals surface area (Å²) in [7, 11) is 0. The molecule has 3 aromatic heterocycles. The van der Waals surface area contributed by atoms with Crippen molar-refractivity contribution in [2.75, 3.05) is 17.7 Å². The number of nitrogens with two attached hydrogens (primary N) is 1. The zero-order valence-electron chi connectivity index (χ0n) is 14.0. The van der Waals surface area contributed by atoms with Crippen molar-refractivity contribution in [2.24, 2.45) is 9.98 Å². The lowest BCUT2D eigenvalue weighted by molar-refractivity contribution is -0.116. The third-order valence-electron chi connectivity index (χ3n) is 4.32. The maximum atomic E-state index is 12.3. The maximum Gasteiger partial charge on any atom is 0.227 e. The molecule has 0 radical (unpaired) electrons. The molecule has 11 heteroatoms. The van der Waals surface area contributed by atoms with Crippen LogP contribution in [0.3, 0.4) is 0 Å². The monoisotopic (exact) mass is 363 g/mol. The number of hydrogen-bond acceptors (Lipinski definition) is 9. The van der Waals surface area contributed by atoms with E-state index in [9.17, 15) is 4.79 Å². The van der Waals surface area contributed by atoms with Gasteiger partial charge in [0.15, 0.2) is 16.6 Å². The number of aryl methyl sites for hydroxylation is 1. The zero-order valence-corrected chi connectivity index (χ0v) is 14.0. The molecule has 3 N–H and O–H groups in total. The quantitative estimate of drug-likeness (QED) is 0.509. The number of anilines is 2. The van der Waals surface area contributed by atoms with Gasteiger partial charge in [-0.1, -0.05) is 18.2 Å². The number of carbonyl (C=O) groups is 1. The van der Waals surface area contributed by atoms with Crippen molar-refractivity contribution in [2.45, 2.75) is 13.0 Å². The standard InChI is InChI=1S/C16H13N9O2/c17-12-13(24-27-23-12)20-10(26)5-6-25-9-4-2-1-3-8(9)11-16(25)22-15-14(21-11)18-7-19-15/h1-4H,5-7H2,(H2,17,23)(H,20,24,26). The molecular weight excluding hydrogens is 350 g/mol. The Morgan fingerprint density at radius 3 is 2.81 bits per heavy atom. The molecule has 1 aliphatic heterocycles. The zero-order chi connectivity index (χ0) is 18.4. The van der Waals surface area contributed by atoms with Crippen LogP contribution in [0.25, 0.3) is 22.1 Å². The molecular formula is C16H13N9O2. The van der Waals surface area contributed by atoms with Crippen molar-refractivity contribution >= 4 is 39.6 Å². The second kappa shape index (κ2) is 5.83. The van der Waals surface area contributed by atoms with Gasteiger partial charge in [0.1, 0.15) is 12.2 Å². The van der Waals surface area contributed by atoms with Gasteiger partial charge in [-0.2, -0.15) is 0 Å². The summed E-state index contributed by atoms with van der Waals surface area (Å²) < 4.78 is 6.43. The van der Waals surface area contributed by atoms with Crippen LogP contribution in [0.1, 0.15) is 6.42 Å². The summed E-state index contributed by atoms with van der Waals surface area (Å²) in [5.74, 6) is -0.121. The van der Waals surface area contributed by atoms with E-state index in [1.54, 1.807) is 0 Å². The van der Waals surface area contributed by atoms with Crippen LogP contribution < -0.4 is 22.0 Å². The molecule has 0 saturated heterocycles. The number of hydrogen-bond donors (Lipinski definition) is 2. The van der Waals surface area contributed by atoms with Crippen LogP contribution in [0.2, 0.25) is 0 Å². The highest BCUT2D eigenvalue weighted by Gasteiger charge is 2.16. The second-order valence-electron chi connectivity index (χ2n) is 5.97. The van der Waals surface area contributed by atoms with E-state index >= 15 is 0 Å². The molecule has 1 aromatic carbocycles. The van der Waals surface area contributed by atoms with Crippen LogP contribution in [0.5, 0.6) is 0 Å². The van der Waals surface area contributed by atoms with Gasteiger partial charge < -0.3 is 15.6 Å². The summed E-state index contributed by atoms with van der Waals surface area (Å²) in [4.78, 5) is 30.0. The molecule has 0 saturated carbocycles. The highest BCUT2D eigenvalue weighted by atomic mass is 16.6. The number of para-hydroxylation sites is 1. The van der Waals surface area contributed by atoms with Gasteiger partial charge >= 0.3 is 0 Å². The summed E-state index contributed by atoms with van der Waals surface area (Å²) in [6.45, 7) is 0.737. The average Bonchev–Trinajstić information content (AvgIpc) is 3.37. The van der Waals surface area contributed by atoms with Gasteiger partial charge in [0.25, 0.3) is 0 Å². The molecule has 11 nitrogen and oxygen atoms in total. The van der Waals surface area contributed by atoms with Crippen LogP contribution >= 0.6 is 0 Å². The van der Waals surface area contributed by atoms with Crippen molar-refractivity contribution in [3.8, 4) is 0 Å². The van der Waals surface area contributed by atoms with E-state index in [-0.39, 0.29) is 24.0 Å². The first-order chi connectivity index (χ1) is 13.2. The van der Waals surface area contributed by atoms with Gasteiger partial charge in [0.05, 0.1) is 5.52 Å². The van der Waals surface area contributed by atoms with Crippen molar-refractivity contribution < 1.29 is 9.42 Å². The van der Waals surface area contributed by atoms with Crippen LogP contribution in [0, 0.1) is 0 Å². The molecule has 0 spiro atoms. The number of nitrogens with one attached hydrogen (secondary N) is 1. The largest absolute Gasteiger partial charge is 0.378 e. The SMILES string of the molecule is Nc1nonc1NC(=O)CCn1c2ccccc2c2nc3c(nc21)=NCN=3. The maximum absolute atomic E-state index is 12.3. The first-order valence-corrected chi connectivity index (χ1v) is 8.22. The molecule has 0 fully saturated rings. The van der Waals surface area contributed by atoms with Crippen LogP contribution in [-0.4, -0.2) is 37.4 Å². The summed E-state index contributed by atoms with van der Waals surface area (Å²) in [5, 5.41) is 10.5. The van der Waals surface area contributed by atoms with Gasteiger partial charge in [0.2, 0.25) is 17.5 Å². The average molecular weight is 363 g/mol. The Bertz CT molecular complexity index is 1320. The minimum atomic E-state index is -0.267. The van der Waals surface area contributed by atoms with Crippen molar-refractivity contribution in [3.63, 3.8) is 0 Å². The highest BCUT2D eigenvalue weighted by Crippen LogP contribution is 2.25. The Morgan fingerprint density at radius 2 is 2.00 bits per heavy atom. The van der Waals surface area contributed by atoms with Crippen molar-refractivity contribution in [1.82, 2.24) is 24.8 Å². The van der Waals surface area contributed by atoms with E-state index in [1.165, 1.54) is 0 Å². The topological polar surface area (TPSA) is 149 Å². The lowest BCUT2D eigenvalue weighted by Gasteiger charge is -2.06. The fraction of sp³-hybridized carbons (Fsp3) is 0.188. The molecule has 1 aliphatic rings. The minimum Gasteiger partial charge on any atom is -0.378 e. The first kappa shape index (κ1) is 15.4. The predicted octanol–water partition coefficient (Wildman–Crippen LogP) is -0.211. The van der Waals surface area contributed by atoms with Crippen molar-refractivity contribution in [1.29, 1.82) is 0 Å². The highest BCUT2D eigenvalue weighted by molar-refractivity contribution is 6.04. The van der Waals surface area contributed by atoms with Gasteiger partial charge in [-0.3, -0.25) is 4.79 Å². The van der Waals surface area contributed by atoms with Crippen LogP contribution in [-0.2, 0) is 11.3 Å². The van der Waals surface area contributed by atoms with E-state index in [0.29, 0.717) is 29.8 Å². The smallest absolute Gasteiger partial charge is 0.227 e. The molecule has 0 atom stereocenters. The molecule has 0 unspecified atom stereocenters. The Labute approximate surface area is 150 Å². The fourth-order valence-electron chi connectivity index (χ4n) is 3.10. The summed E-state index contributed by atoms with van der Waals surface area (Å²) >= 11 is 0. The van der Waals surface area contributed by atoms with Crippen LogP contribution in [0.4, 0.5) is 11.6 Å². The van der Waals surface area contributed by atoms with Crippen LogP contribution in [0.15, 0.2) is 38.9 Å². The summed E-state index contributed by atoms with van der Waals surface area (Å²) in [6, 6.07) is 7.82. The summed E-state index contributed by atoms with van der Waals surface area (Å²) in [6.07, 6.45) is 0.181. The lowest BCUT2D eigenvalue weighted by atomic mass is 10.2. The Hall–Kier alpha value is -3.89. The molecule has 0 aliphatic carbocycles. The van der Waals surface area contributed by atoms with Gasteiger partial charge in [0, 0.05) is 18.4 Å². The van der Waals surface area contributed by atoms with Gasteiger partial charge in [-0.05, 0) is 16.4 Å². The number of nitrogen functional groups attached to an aromatic ring is 1.